The van der Waals surface area contributed by atoms with Crippen LogP contribution in [0.15, 0.2) is 42.5 Å². The van der Waals surface area contributed by atoms with E-state index in [9.17, 15) is 14.9 Å². The molecule has 3 aromatic rings. The normalized spacial score (nSPS) is 16.9. The van der Waals surface area contributed by atoms with Crippen LogP contribution in [0.5, 0.6) is 0 Å². The number of nitrogens with one attached hydrogen (secondary N) is 1. The molecular weight excluding hydrogens is 376 g/mol. The molecule has 1 N–H and O–H groups in total. The van der Waals surface area contributed by atoms with Crippen LogP contribution < -0.4 is 5.32 Å². The highest BCUT2D eigenvalue weighted by atomic mass is 32.1. The Labute approximate surface area is 166 Å². The lowest BCUT2D eigenvalue weighted by molar-refractivity contribution is -0.384. The number of nitro groups is 1. The van der Waals surface area contributed by atoms with Crippen molar-refractivity contribution in [1.82, 2.24) is 9.88 Å². The number of hydrogen-bond donors (Lipinski definition) is 1. The standard InChI is InChI=1S/C20H20N4O3S/c1-21-15-9-8-13(11-17(15)24(26)27)20(25)23-10-4-5-14(12-23)19-22-16-6-2-3-7-18(16)28-19/h2-3,6-9,11,14,21H,4-5,10,12H2,1H3/t14-/m1/s1. The van der Waals surface area contributed by atoms with E-state index in [-0.39, 0.29) is 17.5 Å². The van der Waals surface area contributed by atoms with Gasteiger partial charge in [0.25, 0.3) is 11.6 Å². The van der Waals surface area contributed by atoms with Gasteiger partial charge in [-0.05, 0) is 37.1 Å². The van der Waals surface area contributed by atoms with Crippen molar-refractivity contribution in [1.29, 1.82) is 0 Å². The number of benzene rings is 2. The first-order valence-electron chi connectivity index (χ1n) is 9.17. The van der Waals surface area contributed by atoms with Crippen molar-refractivity contribution in [3.8, 4) is 0 Å². The van der Waals surface area contributed by atoms with Gasteiger partial charge in [-0.15, -0.1) is 11.3 Å². The average Bonchev–Trinajstić information content (AvgIpc) is 3.17. The van der Waals surface area contributed by atoms with E-state index < -0.39 is 4.92 Å². The predicted octanol–water partition coefficient (Wildman–Crippen LogP) is 4.27. The molecule has 28 heavy (non-hydrogen) atoms. The highest BCUT2D eigenvalue weighted by Gasteiger charge is 2.28. The Balaban J connectivity index is 1.56. The Morgan fingerprint density at radius 3 is 2.89 bits per heavy atom. The number of rotatable bonds is 4. The molecule has 2 aromatic carbocycles. The molecule has 1 aromatic heterocycles. The van der Waals surface area contributed by atoms with Gasteiger partial charge in [-0.25, -0.2) is 4.98 Å². The van der Waals surface area contributed by atoms with Crippen molar-refractivity contribution in [2.45, 2.75) is 18.8 Å². The highest BCUT2D eigenvalue weighted by Crippen LogP contribution is 2.34. The Bertz CT molecular complexity index is 1020. The molecule has 1 atom stereocenters. The fraction of sp³-hybridized carbons (Fsp3) is 0.300. The van der Waals surface area contributed by atoms with Gasteiger partial charge in [0.15, 0.2) is 0 Å². The summed E-state index contributed by atoms with van der Waals surface area (Å²) in [5.41, 5.74) is 1.64. The van der Waals surface area contributed by atoms with Crippen molar-refractivity contribution < 1.29 is 9.72 Å². The van der Waals surface area contributed by atoms with E-state index in [0.29, 0.717) is 24.3 Å². The molecule has 144 valence electrons. The van der Waals surface area contributed by atoms with Crippen molar-refractivity contribution in [2.75, 3.05) is 25.5 Å². The molecular formula is C20H20N4O3S. The number of thiazole rings is 1. The van der Waals surface area contributed by atoms with Gasteiger partial charge in [0.1, 0.15) is 5.69 Å². The van der Waals surface area contributed by atoms with Gasteiger partial charge in [0.05, 0.1) is 20.1 Å². The number of para-hydroxylation sites is 1. The second kappa shape index (κ2) is 7.55. The maximum Gasteiger partial charge on any atom is 0.293 e. The second-order valence-corrected chi connectivity index (χ2v) is 7.91. The molecule has 0 aliphatic carbocycles. The lowest BCUT2D eigenvalue weighted by Crippen LogP contribution is -2.39. The fourth-order valence-corrected chi connectivity index (χ4v) is 4.73. The molecule has 1 aliphatic heterocycles. The molecule has 7 nitrogen and oxygen atoms in total. The number of hydrogen-bond acceptors (Lipinski definition) is 6. The summed E-state index contributed by atoms with van der Waals surface area (Å²) in [7, 11) is 1.62. The number of aromatic nitrogens is 1. The zero-order chi connectivity index (χ0) is 19.7. The van der Waals surface area contributed by atoms with Crippen LogP contribution >= 0.6 is 11.3 Å². The number of nitro benzene ring substituents is 1. The van der Waals surface area contributed by atoms with Crippen LogP contribution in [0.25, 0.3) is 10.2 Å². The molecule has 0 radical (unpaired) electrons. The average molecular weight is 396 g/mol. The Morgan fingerprint density at radius 2 is 2.14 bits per heavy atom. The minimum absolute atomic E-state index is 0.0897. The Hall–Kier alpha value is -3.00. The maximum absolute atomic E-state index is 13.0. The van der Waals surface area contributed by atoms with Gasteiger partial charge in [0, 0.05) is 37.7 Å². The molecule has 0 spiro atoms. The van der Waals surface area contributed by atoms with Crippen LogP contribution in [0.4, 0.5) is 11.4 Å². The molecule has 1 amide bonds. The molecule has 1 fully saturated rings. The minimum atomic E-state index is -0.470. The highest BCUT2D eigenvalue weighted by molar-refractivity contribution is 7.18. The molecule has 0 saturated carbocycles. The summed E-state index contributed by atoms with van der Waals surface area (Å²) in [5.74, 6) is 0.0261. The van der Waals surface area contributed by atoms with E-state index in [1.54, 1.807) is 35.4 Å². The molecule has 2 heterocycles. The number of nitrogens with zero attached hydrogens (tertiary/aromatic N) is 3. The smallest absolute Gasteiger partial charge is 0.293 e. The van der Waals surface area contributed by atoms with E-state index in [2.05, 4.69) is 11.4 Å². The number of carbonyl (C=O) groups excluding carboxylic acids is 1. The Kier molecular flexibility index (Phi) is 4.95. The quantitative estimate of drug-likeness (QED) is 0.526. The largest absolute Gasteiger partial charge is 0.383 e. The summed E-state index contributed by atoms with van der Waals surface area (Å²) >= 11 is 1.68. The van der Waals surface area contributed by atoms with Crippen LogP contribution in [0.2, 0.25) is 0 Å². The van der Waals surface area contributed by atoms with E-state index >= 15 is 0 Å². The van der Waals surface area contributed by atoms with Gasteiger partial charge < -0.3 is 10.2 Å². The fourth-order valence-electron chi connectivity index (χ4n) is 3.64. The first-order chi connectivity index (χ1) is 13.6. The summed E-state index contributed by atoms with van der Waals surface area (Å²) < 4.78 is 1.15. The van der Waals surface area contributed by atoms with Crippen molar-refractivity contribution in [3.63, 3.8) is 0 Å². The van der Waals surface area contributed by atoms with Gasteiger partial charge in [0.2, 0.25) is 0 Å². The lowest BCUT2D eigenvalue weighted by Gasteiger charge is -2.32. The SMILES string of the molecule is CNc1ccc(C(=O)N2CCC[C@@H](c3nc4ccccc4s3)C2)cc1[N+](=O)[O-]. The monoisotopic (exact) mass is 396 g/mol. The maximum atomic E-state index is 13.0. The molecule has 1 saturated heterocycles. The van der Waals surface area contributed by atoms with E-state index in [1.165, 1.54) is 6.07 Å². The number of anilines is 1. The lowest BCUT2D eigenvalue weighted by atomic mass is 9.98. The Morgan fingerprint density at radius 1 is 1.32 bits per heavy atom. The summed E-state index contributed by atoms with van der Waals surface area (Å²) in [4.78, 5) is 30.3. The predicted molar refractivity (Wildman–Crippen MR) is 110 cm³/mol. The van der Waals surface area contributed by atoms with Crippen LogP contribution in [-0.2, 0) is 0 Å². The summed E-state index contributed by atoms with van der Waals surface area (Å²) in [5, 5.41) is 15.1. The number of carbonyl (C=O) groups is 1. The number of likely N-dealkylation sites (tertiary alicyclic amines) is 1. The number of piperidine rings is 1. The molecule has 0 bridgehead atoms. The topological polar surface area (TPSA) is 88.4 Å². The zero-order valence-corrected chi connectivity index (χ0v) is 16.2. The molecule has 0 unspecified atom stereocenters. The zero-order valence-electron chi connectivity index (χ0n) is 15.4. The third-order valence-electron chi connectivity index (χ3n) is 5.08. The van der Waals surface area contributed by atoms with Gasteiger partial charge in [-0.2, -0.15) is 0 Å². The van der Waals surface area contributed by atoms with Crippen LogP contribution in [0, 0.1) is 10.1 Å². The van der Waals surface area contributed by atoms with E-state index in [1.807, 2.05) is 18.2 Å². The van der Waals surface area contributed by atoms with Crippen LogP contribution in [-0.4, -0.2) is 40.9 Å². The summed E-state index contributed by atoms with van der Waals surface area (Å²) in [6.45, 7) is 1.24. The summed E-state index contributed by atoms with van der Waals surface area (Å²) in [6, 6.07) is 12.6. The molecule has 8 heteroatoms. The number of fused-ring (bicyclic) bond motifs is 1. The van der Waals surface area contributed by atoms with Crippen molar-refractivity contribution >= 4 is 38.8 Å². The third kappa shape index (κ3) is 3.43. The molecule has 1 aliphatic rings. The number of amides is 1. The van der Waals surface area contributed by atoms with Crippen molar-refractivity contribution in [3.05, 3.63) is 63.1 Å². The van der Waals surface area contributed by atoms with Crippen LogP contribution in [0.3, 0.4) is 0 Å². The van der Waals surface area contributed by atoms with E-state index in [0.717, 1.165) is 28.1 Å². The van der Waals surface area contributed by atoms with Gasteiger partial charge in [-0.1, -0.05) is 12.1 Å². The van der Waals surface area contributed by atoms with Gasteiger partial charge >= 0.3 is 0 Å². The first kappa shape index (κ1) is 18.4. The van der Waals surface area contributed by atoms with E-state index in [4.69, 9.17) is 4.98 Å². The van der Waals surface area contributed by atoms with Gasteiger partial charge in [-0.3, -0.25) is 14.9 Å². The first-order valence-corrected chi connectivity index (χ1v) is 9.99. The summed E-state index contributed by atoms with van der Waals surface area (Å²) in [6.07, 6.45) is 1.88. The third-order valence-corrected chi connectivity index (χ3v) is 6.28. The van der Waals surface area contributed by atoms with Crippen molar-refractivity contribution in [2.24, 2.45) is 0 Å². The molecule has 4 rings (SSSR count). The second-order valence-electron chi connectivity index (χ2n) is 6.85. The van der Waals surface area contributed by atoms with Crippen LogP contribution in [0.1, 0.15) is 34.1 Å². The minimum Gasteiger partial charge on any atom is -0.383 e.